The van der Waals surface area contributed by atoms with E-state index in [1.165, 1.54) is 12.1 Å². The lowest BCUT2D eigenvalue weighted by atomic mass is 9.81. The molecule has 42 heavy (non-hydrogen) atoms. The fourth-order valence-electron chi connectivity index (χ4n) is 6.87. The predicted octanol–water partition coefficient (Wildman–Crippen LogP) is 11.5. The molecule has 0 N–H and O–H groups in total. The van der Waals surface area contributed by atoms with Crippen LogP contribution in [0.4, 0.5) is 17.6 Å². The van der Waals surface area contributed by atoms with Crippen molar-refractivity contribution in [3.63, 3.8) is 0 Å². The Bertz CT molecular complexity index is 1830. The van der Waals surface area contributed by atoms with Gasteiger partial charge in [-0.25, -0.2) is 17.6 Å². The second-order valence-electron chi connectivity index (χ2n) is 12.2. The smallest absolute Gasteiger partial charge is 0.170 e. The molecule has 0 unspecified atom stereocenters. The molecule has 210 valence electrons. The van der Waals surface area contributed by atoms with E-state index in [9.17, 15) is 0 Å². The highest BCUT2D eigenvalue weighted by molar-refractivity contribution is 6.31. The molecule has 0 amide bonds. The molecule has 6 heteroatoms. The van der Waals surface area contributed by atoms with Crippen LogP contribution in [0.15, 0.2) is 72.8 Å². The highest BCUT2D eigenvalue weighted by atomic mass is 35.5. The van der Waals surface area contributed by atoms with E-state index in [0.717, 1.165) is 44.5 Å². The van der Waals surface area contributed by atoms with Gasteiger partial charge in [-0.1, -0.05) is 87.3 Å². The van der Waals surface area contributed by atoms with Crippen molar-refractivity contribution in [2.45, 2.75) is 38.5 Å². The largest absolute Gasteiger partial charge is 0.203 e. The third kappa shape index (κ3) is 3.61. The molecule has 5 aromatic carbocycles. The highest BCUT2D eigenvalue weighted by Crippen LogP contribution is 2.52. The van der Waals surface area contributed by atoms with Crippen LogP contribution in [0.5, 0.6) is 0 Å². The summed E-state index contributed by atoms with van der Waals surface area (Å²) in [6.45, 7) is 7.93. The van der Waals surface area contributed by atoms with Gasteiger partial charge in [-0.15, -0.1) is 0 Å². The zero-order valence-electron chi connectivity index (χ0n) is 23.2. The van der Waals surface area contributed by atoms with Gasteiger partial charge in [0.25, 0.3) is 0 Å². The number of hydrogen-bond acceptors (Lipinski definition) is 0. The summed E-state index contributed by atoms with van der Waals surface area (Å²) in [5.41, 5.74) is 4.81. The van der Waals surface area contributed by atoms with E-state index in [2.05, 4.69) is 0 Å². The van der Waals surface area contributed by atoms with Crippen LogP contribution in [0.25, 0.3) is 44.5 Å². The van der Waals surface area contributed by atoms with Gasteiger partial charge in [0.15, 0.2) is 23.3 Å². The molecule has 5 aromatic rings. The molecule has 7 rings (SSSR count). The van der Waals surface area contributed by atoms with E-state index in [1.54, 1.807) is 36.4 Å². The molecule has 0 fully saturated rings. The van der Waals surface area contributed by atoms with Crippen molar-refractivity contribution < 1.29 is 17.6 Å². The van der Waals surface area contributed by atoms with Crippen LogP contribution < -0.4 is 0 Å². The first-order valence-corrected chi connectivity index (χ1v) is 14.3. The first kappa shape index (κ1) is 27.2. The number of benzene rings is 5. The molecule has 0 heterocycles. The van der Waals surface area contributed by atoms with E-state index < -0.39 is 45.2 Å². The van der Waals surface area contributed by atoms with Gasteiger partial charge in [0.2, 0.25) is 0 Å². The average molecular weight is 603 g/mol. The SMILES string of the molecule is CC1(C)c2cc(Cl)ccc2-c2ccc(-c3c(F)c(F)c(-c4ccc5c(c4)C(C)(C)c4cc(Cl)ccc4-5)c(F)c3F)cc21. The Kier molecular flexibility index (Phi) is 5.81. The van der Waals surface area contributed by atoms with Crippen molar-refractivity contribution in [1.29, 1.82) is 0 Å². The maximum atomic E-state index is 15.8. The van der Waals surface area contributed by atoms with Gasteiger partial charge in [0, 0.05) is 20.9 Å². The lowest BCUT2D eigenvalue weighted by molar-refractivity contribution is 0.463. The third-order valence-electron chi connectivity index (χ3n) is 9.12. The number of halogens is 6. The minimum absolute atomic E-state index is 0.0579. The number of rotatable bonds is 2. The normalized spacial score (nSPS) is 15.3. The van der Waals surface area contributed by atoms with Gasteiger partial charge in [0.05, 0.1) is 11.1 Å². The van der Waals surface area contributed by atoms with E-state index in [0.29, 0.717) is 10.0 Å². The van der Waals surface area contributed by atoms with E-state index in [4.69, 9.17) is 23.2 Å². The van der Waals surface area contributed by atoms with E-state index >= 15 is 17.6 Å². The molecule has 0 nitrogen and oxygen atoms in total. The van der Waals surface area contributed by atoms with Gasteiger partial charge in [-0.3, -0.25) is 0 Å². The van der Waals surface area contributed by atoms with Crippen LogP contribution in [0, 0.1) is 23.3 Å². The van der Waals surface area contributed by atoms with Gasteiger partial charge in [-0.05, 0) is 92.0 Å². The van der Waals surface area contributed by atoms with Crippen molar-refractivity contribution in [3.8, 4) is 44.5 Å². The molecular formula is C36H24Cl2F4. The summed E-state index contributed by atoms with van der Waals surface area (Å²) in [5, 5.41) is 1.16. The Hall–Kier alpha value is -3.60. The maximum Gasteiger partial charge on any atom is 0.170 e. The summed E-state index contributed by atoms with van der Waals surface area (Å²) in [7, 11) is 0. The fourth-order valence-corrected chi connectivity index (χ4v) is 7.21. The van der Waals surface area contributed by atoms with E-state index in [1.807, 2.05) is 52.0 Å². The minimum atomic E-state index is -1.44. The molecule has 0 atom stereocenters. The second-order valence-corrected chi connectivity index (χ2v) is 13.0. The molecule has 0 saturated heterocycles. The summed E-state index contributed by atoms with van der Waals surface area (Å²) in [5.74, 6) is -5.74. The van der Waals surface area contributed by atoms with Gasteiger partial charge in [0.1, 0.15) is 0 Å². The van der Waals surface area contributed by atoms with Crippen molar-refractivity contribution in [3.05, 3.63) is 128 Å². The summed E-state index contributed by atoms with van der Waals surface area (Å²) in [6, 6.07) is 20.8. The average Bonchev–Trinajstić information content (AvgIpc) is 3.31. The Labute approximate surface area is 251 Å². The molecule has 2 aliphatic rings. The first-order chi connectivity index (χ1) is 19.8. The van der Waals surface area contributed by atoms with Crippen molar-refractivity contribution in [2.24, 2.45) is 0 Å². The highest BCUT2D eigenvalue weighted by Gasteiger charge is 2.38. The lowest BCUT2D eigenvalue weighted by Crippen LogP contribution is -2.15. The predicted molar refractivity (Wildman–Crippen MR) is 162 cm³/mol. The van der Waals surface area contributed by atoms with Gasteiger partial charge >= 0.3 is 0 Å². The number of hydrogen-bond donors (Lipinski definition) is 0. The summed E-state index contributed by atoms with van der Waals surface area (Å²) in [6.07, 6.45) is 0. The monoisotopic (exact) mass is 602 g/mol. The van der Waals surface area contributed by atoms with E-state index in [-0.39, 0.29) is 11.1 Å². The maximum absolute atomic E-state index is 15.8. The first-order valence-electron chi connectivity index (χ1n) is 13.6. The van der Waals surface area contributed by atoms with Crippen LogP contribution >= 0.6 is 23.2 Å². The van der Waals surface area contributed by atoms with Crippen molar-refractivity contribution >= 4 is 23.2 Å². The zero-order valence-corrected chi connectivity index (χ0v) is 24.7. The number of fused-ring (bicyclic) bond motifs is 6. The Morgan fingerprint density at radius 1 is 0.429 bits per heavy atom. The lowest BCUT2D eigenvalue weighted by Gasteiger charge is -2.23. The molecule has 2 aliphatic carbocycles. The molecule has 0 aromatic heterocycles. The third-order valence-corrected chi connectivity index (χ3v) is 9.59. The van der Waals surface area contributed by atoms with Gasteiger partial charge < -0.3 is 0 Å². The topological polar surface area (TPSA) is 0 Å². The quantitative estimate of drug-likeness (QED) is 0.139. The fraction of sp³-hybridized carbons (Fsp3) is 0.167. The molecule has 0 saturated carbocycles. The zero-order chi connectivity index (χ0) is 29.9. The van der Waals surface area contributed by atoms with Crippen LogP contribution in [-0.2, 0) is 10.8 Å². The second kappa shape index (κ2) is 8.95. The van der Waals surface area contributed by atoms with Crippen LogP contribution in [0.1, 0.15) is 49.9 Å². The molecule has 0 radical (unpaired) electrons. The molecular weight excluding hydrogens is 579 g/mol. The summed E-state index contributed by atoms with van der Waals surface area (Å²) >= 11 is 12.5. The van der Waals surface area contributed by atoms with Crippen molar-refractivity contribution in [2.75, 3.05) is 0 Å². The van der Waals surface area contributed by atoms with Crippen molar-refractivity contribution in [1.82, 2.24) is 0 Å². The van der Waals surface area contributed by atoms with Crippen LogP contribution in [-0.4, -0.2) is 0 Å². The molecule has 0 aliphatic heterocycles. The standard InChI is InChI=1S/C36H24Cl2F4/c1-35(2)25-13-17(5-9-21(25)23-11-7-19(37)15-27(23)35)29-31(39)33(41)30(34(42)32(29)40)18-6-10-22-24-12-8-20(38)16-28(24)36(3,4)26(22)14-18/h5-16H,1-4H3. The Morgan fingerprint density at radius 2 is 0.714 bits per heavy atom. The minimum Gasteiger partial charge on any atom is -0.203 e. The Balaban J connectivity index is 1.36. The molecule has 0 spiro atoms. The van der Waals surface area contributed by atoms with Crippen LogP contribution in [0.3, 0.4) is 0 Å². The Morgan fingerprint density at radius 3 is 1.05 bits per heavy atom. The summed E-state index contributed by atoms with van der Waals surface area (Å²) < 4.78 is 63.2. The van der Waals surface area contributed by atoms with Crippen LogP contribution in [0.2, 0.25) is 10.0 Å². The van der Waals surface area contributed by atoms with Gasteiger partial charge in [-0.2, -0.15) is 0 Å². The molecule has 0 bridgehead atoms. The summed E-state index contributed by atoms with van der Waals surface area (Å²) in [4.78, 5) is 0.